The van der Waals surface area contributed by atoms with Crippen LogP contribution in [0.5, 0.6) is 0 Å². The molecule has 0 bridgehead atoms. The second kappa shape index (κ2) is 6.56. The van der Waals surface area contributed by atoms with Crippen molar-refractivity contribution in [1.29, 1.82) is 0 Å². The van der Waals surface area contributed by atoms with E-state index in [1.807, 2.05) is 55.5 Å². The summed E-state index contributed by atoms with van der Waals surface area (Å²) in [6.45, 7) is 2.00. The van der Waals surface area contributed by atoms with Crippen LogP contribution in [0.3, 0.4) is 0 Å². The average molecular weight is 369 g/mol. The largest absolute Gasteiger partial charge is 0.349 e. The van der Waals surface area contributed by atoms with Gasteiger partial charge in [-0.25, -0.2) is 14.6 Å². The van der Waals surface area contributed by atoms with Gasteiger partial charge in [0.05, 0.1) is 23.0 Å². The van der Waals surface area contributed by atoms with Gasteiger partial charge in [0.25, 0.3) is 5.91 Å². The summed E-state index contributed by atoms with van der Waals surface area (Å²) in [5.41, 5.74) is 5.08. The Morgan fingerprint density at radius 2 is 1.93 bits per heavy atom. The maximum Gasteiger partial charge on any atom is 0.251 e. The van der Waals surface area contributed by atoms with Crippen LogP contribution in [0.25, 0.3) is 28.0 Å². The highest BCUT2D eigenvalue weighted by atomic mass is 16.1. The number of nitrogens with zero attached hydrogens (tertiary/aromatic N) is 4. The van der Waals surface area contributed by atoms with E-state index in [4.69, 9.17) is 0 Å². The van der Waals surface area contributed by atoms with Gasteiger partial charge < -0.3 is 5.32 Å². The molecule has 0 unspecified atom stereocenters. The van der Waals surface area contributed by atoms with E-state index in [9.17, 15) is 4.79 Å². The van der Waals surface area contributed by atoms with Gasteiger partial charge in [-0.1, -0.05) is 36.4 Å². The highest BCUT2D eigenvalue weighted by Gasteiger charge is 2.24. The molecule has 2 aromatic heterocycles. The lowest BCUT2D eigenvalue weighted by molar-refractivity contribution is 0.0951. The fourth-order valence-corrected chi connectivity index (χ4v) is 3.32. The molecule has 1 amide bonds. The standard InChI is InChI=1S/C22H19N5O/c1-14-7-8-16(22(28)26-17-9-10-17)11-19(14)27-21-18(12-25-27)20(23-13-24-21)15-5-3-2-4-6-15/h2-8,11-13,17H,9-10H2,1H3,(H,26,28). The van der Waals surface area contributed by atoms with E-state index in [2.05, 4.69) is 20.4 Å². The van der Waals surface area contributed by atoms with Crippen molar-refractivity contribution in [3.05, 3.63) is 72.2 Å². The second-order valence-electron chi connectivity index (χ2n) is 7.13. The van der Waals surface area contributed by atoms with Gasteiger partial charge in [-0.05, 0) is 37.5 Å². The van der Waals surface area contributed by atoms with Crippen molar-refractivity contribution in [2.75, 3.05) is 0 Å². The first-order valence-corrected chi connectivity index (χ1v) is 9.37. The molecule has 6 nitrogen and oxygen atoms in total. The van der Waals surface area contributed by atoms with Crippen LogP contribution in [0.4, 0.5) is 0 Å². The minimum absolute atomic E-state index is 0.0418. The Labute approximate surface area is 162 Å². The van der Waals surface area contributed by atoms with Gasteiger partial charge in [-0.15, -0.1) is 0 Å². The SMILES string of the molecule is Cc1ccc(C(=O)NC2CC2)cc1-n1ncc2c(-c3ccccc3)ncnc21. The molecule has 5 rings (SSSR count). The Balaban J connectivity index is 1.61. The van der Waals surface area contributed by atoms with Crippen LogP contribution in [0.1, 0.15) is 28.8 Å². The third kappa shape index (κ3) is 2.93. The molecule has 0 saturated heterocycles. The Kier molecular flexibility index (Phi) is 3.90. The summed E-state index contributed by atoms with van der Waals surface area (Å²) in [5.74, 6) is -0.0418. The van der Waals surface area contributed by atoms with Crippen LogP contribution >= 0.6 is 0 Å². The topological polar surface area (TPSA) is 72.7 Å². The van der Waals surface area contributed by atoms with Crippen molar-refractivity contribution < 1.29 is 4.79 Å². The number of hydrogen-bond donors (Lipinski definition) is 1. The van der Waals surface area contributed by atoms with E-state index in [1.54, 1.807) is 17.2 Å². The summed E-state index contributed by atoms with van der Waals surface area (Å²) in [7, 11) is 0. The zero-order valence-electron chi connectivity index (χ0n) is 15.5. The van der Waals surface area contributed by atoms with Gasteiger partial charge in [0.2, 0.25) is 0 Å². The molecule has 6 heteroatoms. The first-order chi connectivity index (χ1) is 13.7. The number of carbonyl (C=O) groups is 1. The van der Waals surface area contributed by atoms with E-state index in [1.165, 1.54) is 0 Å². The van der Waals surface area contributed by atoms with Crippen LogP contribution in [-0.2, 0) is 0 Å². The number of hydrogen-bond acceptors (Lipinski definition) is 4. The van der Waals surface area contributed by atoms with Crippen molar-refractivity contribution in [2.45, 2.75) is 25.8 Å². The lowest BCUT2D eigenvalue weighted by Gasteiger charge is -2.10. The number of aromatic nitrogens is 4. The number of rotatable bonds is 4. The Morgan fingerprint density at radius 1 is 1.11 bits per heavy atom. The van der Waals surface area contributed by atoms with Crippen molar-refractivity contribution in [3.8, 4) is 16.9 Å². The summed E-state index contributed by atoms with van der Waals surface area (Å²) in [5, 5.41) is 8.48. The van der Waals surface area contributed by atoms with Crippen molar-refractivity contribution in [1.82, 2.24) is 25.1 Å². The zero-order valence-corrected chi connectivity index (χ0v) is 15.5. The van der Waals surface area contributed by atoms with Crippen LogP contribution < -0.4 is 5.32 Å². The number of amides is 1. The predicted molar refractivity (Wildman–Crippen MR) is 107 cm³/mol. The molecule has 2 aromatic carbocycles. The quantitative estimate of drug-likeness (QED) is 0.595. The molecule has 1 saturated carbocycles. The second-order valence-corrected chi connectivity index (χ2v) is 7.13. The maximum atomic E-state index is 12.5. The third-order valence-corrected chi connectivity index (χ3v) is 5.03. The molecular formula is C22H19N5O. The van der Waals surface area contributed by atoms with Crippen LogP contribution in [-0.4, -0.2) is 31.7 Å². The lowest BCUT2D eigenvalue weighted by atomic mass is 10.1. The van der Waals surface area contributed by atoms with Gasteiger partial charge in [0.15, 0.2) is 5.65 Å². The van der Waals surface area contributed by atoms with Crippen LogP contribution in [0, 0.1) is 6.92 Å². The predicted octanol–water partition coefficient (Wildman–Crippen LogP) is 3.68. The first kappa shape index (κ1) is 16.6. The molecule has 1 fully saturated rings. The summed E-state index contributed by atoms with van der Waals surface area (Å²) in [6.07, 6.45) is 5.47. The molecule has 0 radical (unpaired) electrons. The van der Waals surface area contributed by atoms with Gasteiger partial charge in [-0.2, -0.15) is 5.10 Å². The minimum atomic E-state index is -0.0418. The van der Waals surface area contributed by atoms with Gasteiger partial charge in [0.1, 0.15) is 6.33 Å². The monoisotopic (exact) mass is 369 g/mol. The molecule has 0 aliphatic heterocycles. The fourth-order valence-electron chi connectivity index (χ4n) is 3.32. The molecule has 4 aromatic rings. The molecule has 138 valence electrons. The first-order valence-electron chi connectivity index (χ1n) is 9.37. The normalized spacial score (nSPS) is 13.6. The van der Waals surface area contributed by atoms with E-state index in [0.717, 1.165) is 46.4 Å². The summed E-state index contributed by atoms with van der Waals surface area (Å²) in [6, 6.07) is 16.0. The average Bonchev–Trinajstić information content (AvgIpc) is 3.44. The third-order valence-electron chi connectivity index (χ3n) is 5.03. The van der Waals surface area contributed by atoms with E-state index in [-0.39, 0.29) is 5.91 Å². The fraction of sp³-hybridized carbons (Fsp3) is 0.182. The Bertz CT molecular complexity index is 1180. The summed E-state index contributed by atoms with van der Waals surface area (Å²) < 4.78 is 1.78. The zero-order chi connectivity index (χ0) is 19.1. The van der Waals surface area contributed by atoms with Crippen LogP contribution in [0.15, 0.2) is 61.1 Å². The molecule has 1 aliphatic rings. The van der Waals surface area contributed by atoms with Crippen LogP contribution in [0.2, 0.25) is 0 Å². The van der Waals surface area contributed by atoms with Gasteiger partial charge in [0, 0.05) is 17.2 Å². The van der Waals surface area contributed by atoms with Gasteiger partial charge in [-0.3, -0.25) is 4.79 Å². The maximum absolute atomic E-state index is 12.5. The van der Waals surface area contributed by atoms with Crippen molar-refractivity contribution in [3.63, 3.8) is 0 Å². The van der Waals surface area contributed by atoms with Gasteiger partial charge >= 0.3 is 0 Å². The molecule has 0 spiro atoms. The molecule has 1 aliphatic carbocycles. The summed E-state index contributed by atoms with van der Waals surface area (Å²) in [4.78, 5) is 21.4. The Hall–Kier alpha value is -3.54. The smallest absolute Gasteiger partial charge is 0.251 e. The highest BCUT2D eigenvalue weighted by Crippen LogP contribution is 2.27. The molecular weight excluding hydrogens is 350 g/mol. The summed E-state index contributed by atoms with van der Waals surface area (Å²) >= 11 is 0. The van der Waals surface area contributed by atoms with E-state index >= 15 is 0 Å². The molecule has 1 N–H and O–H groups in total. The Morgan fingerprint density at radius 3 is 2.71 bits per heavy atom. The number of benzene rings is 2. The van der Waals surface area contributed by atoms with Crippen molar-refractivity contribution >= 4 is 16.9 Å². The molecule has 28 heavy (non-hydrogen) atoms. The molecule has 0 atom stereocenters. The van der Waals surface area contributed by atoms with E-state index < -0.39 is 0 Å². The highest BCUT2D eigenvalue weighted by molar-refractivity contribution is 5.96. The number of carbonyl (C=O) groups excluding carboxylic acids is 1. The minimum Gasteiger partial charge on any atom is -0.349 e. The van der Waals surface area contributed by atoms with Crippen molar-refractivity contribution in [2.24, 2.45) is 0 Å². The number of aryl methyl sites for hydroxylation is 1. The number of nitrogens with one attached hydrogen (secondary N) is 1. The molecule has 2 heterocycles. The number of fused-ring (bicyclic) bond motifs is 1. The lowest BCUT2D eigenvalue weighted by Crippen LogP contribution is -2.25. The van der Waals surface area contributed by atoms with E-state index in [0.29, 0.717) is 11.6 Å².